The van der Waals surface area contributed by atoms with Crippen molar-refractivity contribution < 1.29 is 15.0 Å². The van der Waals surface area contributed by atoms with E-state index >= 15 is 0 Å². The summed E-state index contributed by atoms with van der Waals surface area (Å²) in [6, 6.07) is 0. The Hall–Kier alpha value is -0.610. The summed E-state index contributed by atoms with van der Waals surface area (Å²) in [4.78, 5) is 8.58. The van der Waals surface area contributed by atoms with Gasteiger partial charge in [-0.3, -0.25) is 4.79 Å². The Morgan fingerprint density at radius 2 is 1.29 bits per heavy atom. The van der Waals surface area contributed by atoms with Crippen molar-refractivity contribution in [1.82, 2.24) is 0 Å². The van der Waals surface area contributed by atoms with Gasteiger partial charge in [-0.15, -0.1) is 0 Å². The quantitative estimate of drug-likeness (QED) is 0.325. The van der Waals surface area contributed by atoms with Crippen molar-refractivity contribution >= 4 is 6.41 Å². The number of aliphatic hydroxyl groups is 2. The summed E-state index contributed by atoms with van der Waals surface area (Å²) in [6.07, 6.45) is 0.250. The van der Waals surface area contributed by atoms with Gasteiger partial charge in [0.2, 0.25) is 6.41 Å². The first-order valence-corrected chi connectivity index (χ1v) is 1.46. The number of rotatable bonds is 0. The fourth-order valence-corrected chi connectivity index (χ4v) is 0. The topological polar surface area (TPSA) is 83.6 Å². The Balaban J connectivity index is -0.0000000360. The van der Waals surface area contributed by atoms with Crippen LogP contribution in [0.2, 0.25) is 0 Å². The predicted octanol–water partition coefficient (Wildman–Crippen LogP) is -1.68. The van der Waals surface area contributed by atoms with Crippen LogP contribution in [0.25, 0.3) is 0 Å². The van der Waals surface area contributed by atoms with E-state index in [0.29, 0.717) is 0 Å². The van der Waals surface area contributed by atoms with E-state index in [4.69, 9.17) is 15.0 Å². The summed E-state index contributed by atoms with van der Waals surface area (Å²) in [5.41, 5.74) is 4.17. The molecule has 0 aliphatic rings. The van der Waals surface area contributed by atoms with E-state index < -0.39 is 0 Å². The van der Waals surface area contributed by atoms with Crippen molar-refractivity contribution in [3.63, 3.8) is 0 Å². The minimum atomic E-state index is 0.250. The first-order chi connectivity index (χ1) is 3.41. The maximum Gasteiger partial charge on any atom is 0.204 e. The Bertz CT molecular complexity index is 17.7. The van der Waals surface area contributed by atoms with Crippen molar-refractivity contribution in [2.24, 2.45) is 5.73 Å². The SMILES string of the molecule is CO.CO.NC=O. The molecule has 0 saturated heterocycles. The van der Waals surface area contributed by atoms with Crippen LogP contribution < -0.4 is 5.73 Å². The molecule has 4 heteroatoms. The summed E-state index contributed by atoms with van der Waals surface area (Å²) in [5.74, 6) is 0. The zero-order valence-electron chi connectivity index (χ0n) is 4.46. The van der Waals surface area contributed by atoms with Crippen molar-refractivity contribution in [3.8, 4) is 0 Å². The zero-order chi connectivity index (χ0) is 6.71. The molecule has 46 valence electrons. The Kier molecular flexibility index (Phi) is 1580. The maximum absolute atomic E-state index is 8.58. The average molecular weight is 109 g/mol. The summed E-state index contributed by atoms with van der Waals surface area (Å²) in [6.45, 7) is 0. The van der Waals surface area contributed by atoms with E-state index in [0.717, 1.165) is 14.2 Å². The number of carbonyl (C=O) groups excluding carboxylic acids is 1. The van der Waals surface area contributed by atoms with Gasteiger partial charge in [0.25, 0.3) is 0 Å². The van der Waals surface area contributed by atoms with Gasteiger partial charge >= 0.3 is 0 Å². The molecule has 0 heterocycles. The van der Waals surface area contributed by atoms with Gasteiger partial charge in [0, 0.05) is 14.2 Å². The van der Waals surface area contributed by atoms with E-state index in [1.54, 1.807) is 0 Å². The Labute approximate surface area is 42.6 Å². The van der Waals surface area contributed by atoms with Crippen LogP contribution in [0.15, 0.2) is 0 Å². The molecule has 0 fully saturated rings. The highest BCUT2D eigenvalue weighted by atomic mass is 16.2. The molecule has 0 saturated carbocycles. The minimum absolute atomic E-state index is 0.250. The van der Waals surface area contributed by atoms with Crippen LogP contribution in [0.5, 0.6) is 0 Å². The van der Waals surface area contributed by atoms with Crippen LogP contribution in [0.3, 0.4) is 0 Å². The highest BCUT2D eigenvalue weighted by Crippen LogP contribution is 0.799. The molecule has 0 atom stereocenters. The summed E-state index contributed by atoms with van der Waals surface area (Å²) in [7, 11) is 2.00. The maximum atomic E-state index is 8.58. The number of hydrogen-bond acceptors (Lipinski definition) is 3. The fourth-order valence-electron chi connectivity index (χ4n) is 0. The van der Waals surface area contributed by atoms with Crippen LogP contribution in [0, 0.1) is 0 Å². The lowest BCUT2D eigenvalue weighted by atomic mass is 11.5. The lowest BCUT2D eigenvalue weighted by Gasteiger charge is -1.32. The second kappa shape index (κ2) is 683. The highest BCUT2D eigenvalue weighted by molar-refractivity contribution is 5.42. The largest absolute Gasteiger partial charge is 0.400 e. The molecule has 0 unspecified atom stereocenters. The first kappa shape index (κ1) is 16.2. The van der Waals surface area contributed by atoms with Crippen molar-refractivity contribution in [2.75, 3.05) is 14.2 Å². The molecule has 0 rings (SSSR count). The molecule has 0 aliphatic heterocycles. The lowest BCUT2D eigenvalue weighted by Crippen LogP contribution is -1.82. The van der Waals surface area contributed by atoms with Crippen molar-refractivity contribution in [3.05, 3.63) is 0 Å². The van der Waals surface area contributed by atoms with Gasteiger partial charge in [-0.05, 0) is 0 Å². The van der Waals surface area contributed by atoms with E-state index in [1.165, 1.54) is 0 Å². The van der Waals surface area contributed by atoms with Gasteiger partial charge in [-0.2, -0.15) is 0 Å². The Morgan fingerprint density at radius 1 is 1.29 bits per heavy atom. The number of primary amides is 1. The molecule has 0 radical (unpaired) electrons. The van der Waals surface area contributed by atoms with E-state index in [2.05, 4.69) is 5.73 Å². The van der Waals surface area contributed by atoms with Gasteiger partial charge in [-0.25, -0.2) is 0 Å². The molecule has 0 spiro atoms. The van der Waals surface area contributed by atoms with Gasteiger partial charge in [-0.1, -0.05) is 0 Å². The monoisotopic (exact) mass is 109 g/mol. The molecule has 0 aromatic heterocycles. The molecule has 0 bridgehead atoms. The molecule has 4 N–H and O–H groups in total. The summed E-state index contributed by atoms with van der Waals surface area (Å²) in [5, 5.41) is 14.0. The zero-order valence-corrected chi connectivity index (χ0v) is 4.46. The predicted molar refractivity (Wildman–Crippen MR) is 26.5 cm³/mol. The van der Waals surface area contributed by atoms with Gasteiger partial charge < -0.3 is 15.9 Å². The van der Waals surface area contributed by atoms with Crippen LogP contribution >= 0.6 is 0 Å². The van der Waals surface area contributed by atoms with Crippen LogP contribution in [0.1, 0.15) is 0 Å². The Morgan fingerprint density at radius 3 is 1.29 bits per heavy atom. The molecule has 0 aromatic rings. The molecule has 1 amide bonds. The number of carbonyl (C=O) groups is 1. The third-order valence-corrected chi connectivity index (χ3v) is 0. The number of nitrogens with two attached hydrogens (primary N) is 1. The third-order valence-electron chi connectivity index (χ3n) is 0. The molecule has 0 aliphatic carbocycles. The van der Waals surface area contributed by atoms with Crippen molar-refractivity contribution in [1.29, 1.82) is 0 Å². The summed E-state index contributed by atoms with van der Waals surface area (Å²) < 4.78 is 0. The second-order valence-corrected chi connectivity index (χ2v) is 0.136. The molecule has 4 nitrogen and oxygen atoms in total. The molecular formula is C3H11NO3. The first-order valence-electron chi connectivity index (χ1n) is 1.46. The third kappa shape index (κ3) is 166. The number of aliphatic hydroxyl groups excluding tert-OH is 2. The normalized spacial score (nSPS) is 3.43. The van der Waals surface area contributed by atoms with Crippen LogP contribution in [-0.4, -0.2) is 30.8 Å². The number of hydrogen-bond donors (Lipinski definition) is 3. The lowest BCUT2D eigenvalue weighted by molar-refractivity contribution is -0.106. The van der Waals surface area contributed by atoms with E-state index in [9.17, 15) is 0 Å². The van der Waals surface area contributed by atoms with Crippen LogP contribution in [-0.2, 0) is 4.79 Å². The number of amides is 1. The van der Waals surface area contributed by atoms with Gasteiger partial charge in [0.05, 0.1) is 0 Å². The molecular weight excluding hydrogens is 98.0 g/mol. The smallest absolute Gasteiger partial charge is 0.204 e. The fraction of sp³-hybridized carbons (Fsp3) is 0.667. The van der Waals surface area contributed by atoms with Gasteiger partial charge in [0.15, 0.2) is 0 Å². The molecule has 0 aromatic carbocycles. The standard InChI is InChI=1S/CH3NO.2CH4O/c2-1-3;2*1-2/h1H,(H2,2,3);2*2H,1H3. The average Bonchev–Trinajstić information content (AvgIpc) is 1.78. The highest BCUT2D eigenvalue weighted by Gasteiger charge is 1.19. The van der Waals surface area contributed by atoms with Gasteiger partial charge in [0.1, 0.15) is 0 Å². The van der Waals surface area contributed by atoms with Crippen molar-refractivity contribution in [2.45, 2.75) is 0 Å². The van der Waals surface area contributed by atoms with Crippen LogP contribution in [0.4, 0.5) is 0 Å². The van der Waals surface area contributed by atoms with E-state index in [1.807, 2.05) is 0 Å². The summed E-state index contributed by atoms with van der Waals surface area (Å²) >= 11 is 0. The molecule has 7 heavy (non-hydrogen) atoms. The minimum Gasteiger partial charge on any atom is -0.400 e. The van der Waals surface area contributed by atoms with E-state index in [-0.39, 0.29) is 6.41 Å². The second-order valence-electron chi connectivity index (χ2n) is 0.136.